The molecule has 0 unspecified atom stereocenters. The Hall–Kier alpha value is -0.400. The zero-order chi connectivity index (χ0) is 12.4. The number of amides is 1. The van der Waals surface area contributed by atoms with Crippen molar-refractivity contribution in [2.24, 2.45) is 0 Å². The van der Waals surface area contributed by atoms with E-state index in [1.165, 1.54) is 0 Å². The number of hydrogen-bond acceptors (Lipinski definition) is 3. The van der Waals surface area contributed by atoms with E-state index < -0.39 is 0 Å². The zero-order valence-electron chi connectivity index (χ0n) is 9.46. The van der Waals surface area contributed by atoms with Crippen LogP contribution < -0.4 is 5.32 Å². The van der Waals surface area contributed by atoms with Crippen molar-refractivity contribution in [1.29, 1.82) is 0 Å². The third kappa shape index (κ3) is 3.08. The van der Waals surface area contributed by atoms with Crippen LogP contribution in [-0.2, 0) is 0 Å². The van der Waals surface area contributed by atoms with E-state index in [4.69, 9.17) is 0 Å². The first-order chi connectivity index (χ1) is 8.08. The van der Waals surface area contributed by atoms with Crippen molar-refractivity contribution in [1.82, 2.24) is 20.4 Å². The van der Waals surface area contributed by atoms with Gasteiger partial charge in [0.1, 0.15) is 4.60 Å². The van der Waals surface area contributed by atoms with Gasteiger partial charge < -0.3 is 10.2 Å². The molecule has 7 heteroatoms. The number of halogens is 2. The molecule has 0 radical (unpaired) electrons. The standard InChI is InChI=1S/C10H14Br2N4O/c1-16-4-2-6(3-5-16)13-10(17)8-7(11)9(12)15-14-8/h6H,2-5H2,1H3,(H,13,17)(H,14,15). The highest BCUT2D eigenvalue weighted by Gasteiger charge is 2.22. The second-order valence-electron chi connectivity index (χ2n) is 4.25. The van der Waals surface area contributed by atoms with Gasteiger partial charge in [0.25, 0.3) is 5.91 Å². The Bertz CT molecular complexity index is 412. The lowest BCUT2D eigenvalue weighted by Gasteiger charge is -2.29. The number of aromatic amines is 1. The molecule has 2 rings (SSSR count). The Morgan fingerprint density at radius 2 is 2.12 bits per heavy atom. The number of likely N-dealkylation sites (tertiary alicyclic amines) is 1. The van der Waals surface area contributed by atoms with Crippen LogP contribution in [0.1, 0.15) is 23.3 Å². The van der Waals surface area contributed by atoms with E-state index in [1.807, 2.05) is 0 Å². The van der Waals surface area contributed by atoms with Crippen LogP contribution in [0.25, 0.3) is 0 Å². The smallest absolute Gasteiger partial charge is 0.273 e. The van der Waals surface area contributed by atoms with Gasteiger partial charge in [-0.15, -0.1) is 0 Å². The number of H-pyrrole nitrogens is 1. The van der Waals surface area contributed by atoms with E-state index in [-0.39, 0.29) is 11.9 Å². The van der Waals surface area contributed by atoms with Gasteiger partial charge in [-0.2, -0.15) is 5.10 Å². The van der Waals surface area contributed by atoms with Crippen LogP contribution in [0.4, 0.5) is 0 Å². The van der Waals surface area contributed by atoms with Crippen molar-refractivity contribution in [3.63, 3.8) is 0 Å². The second-order valence-corrected chi connectivity index (χ2v) is 5.84. The van der Waals surface area contributed by atoms with Crippen LogP contribution in [0, 0.1) is 0 Å². The number of rotatable bonds is 2. The summed E-state index contributed by atoms with van der Waals surface area (Å²) in [5.74, 6) is -0.131. The Morgan fingerprint density at radius 3 is 2.65 bits per heavy atom. The molecular weight excluding hydrogens is 352 g/mol. The summed E-state index contributed by atoms with van der Waals surface area (Å²) in [6, 6.07) is 0.251. The Kier molecular flexibility index (Phi) is 4.22. The van der Waals surface area contributed by atoms with Crippen LogP contribution >= 0.6 is 31.9 Å². The van der Waals surface area contributed by atoms with Gasteiger partial charge >= 0.3 is 0 Å². The first kappa shape index (κ1) is 13.0. The van der Waals surface area contributed by atoms with Crippen LogP contribution in [0.3, 0.4) is 0 Å². The number of carbonyl (C=O) groups excluding carboxylic acids is 1. The normalized spacial score (nSPS) is 18.3. The molecular formula is C10H14Br2N4O. The third-order valence-corrected chi connectivity index (χ3v) is 4.81. The molecule has 17 heavy (non-hydrogen) atoms. The lowest BCUT2D eigenvalue weighted by atomic mass is 10.1. The molecule has 0 aromatic carbocycles. The molecule has 2 N–H and O–H groups in total. The molecule has 0 bridgehead atoms. The molecule has 0 atom stereocenters. The predicted molar refractivity (Wildman–Crippen MR) is 72.0 cm³/mol. The molecule has 0 aliphatic carbocycles. The summed E-state index contributed by atoms with van der Waals surface area (Å²) in [5.41, 5.74) is 0.399. The molecule has 1 fully saturated rings. The fourth-order valence-corrected chi connectivity index (χ4v) is 2.50. The average molecular weight is 366 g/mol. The van der Waals surface area contributed by atoms with Crippen molar-refractivity contribution in [2.75, 3.05) is 20.1 Å². The van der Waals surface area contributed by atoms with Gasteiger partial charge in [-0.05, 0) is 64.8 Å². The van der Waals surface area contributed by atoms with Gasteiger partial charge in [-0.1, -0.05) is 0 Å². The lowest BCUT2D eigenvalue weighted by molar-refractivity contribution is 0.0911. The van der Waals surface area contributed by atoms with Crippen molar-refractivity contribution < 1.29 is 4.79 Å². The third-order valence-electron chi connectivity index (χ3n) is 2.94. The largest absolute Gasteiger partial charge is 0.348 e. The van der Waals surface area contributed by atoms with E-state index in [2.05, 4.69) is 59.3 Å². The van der Waals surface area contributed by atoms with E-state index in [0.29, 0.717) is 14.8 Å². The lowest BCUT2D eigenvalue weighted by Crippen LogP contribution is -2.43. The quantitative estimate of drug-likeness (QED) is 0.839. The Morgan fingerprint density at radius 1 is 1.47 bits per heavy atom. The molecule has 1 aromatic heterocycles. The van der Waals surface area contributed by atoms with E-state index in [9.17, 15) is 4.79 Å². The van der Waals surface area contributed by atoms with Gasteiger partial charge in [0.05, 0.1) is 4.47 Å². The molecule has 2 heterocycles. The maximum atomic E-state index is 12.0. The van der Waals surface area contributed by atoms with Gasteiger partial charge in [-0.3, -0.25) is 9.89 Å². The molecule has 1 aromatic rings. The zero-order valence-corrected chi connectivity index (χ0v) is 12.6. The monoisotopic (exact) mass is 364 g/mol. The van der Waals surface area contributed by atoms with Crippen LogP contribution in [-0.4, -0.2) is 47.2 Å². The molecule has 1 aliphatic heterocycles. The number of hydrogen-bond donors (Lipinski definition) is 2. The van der Waals surface area contributed by atoms with Crippen LogP contribution in [0.15, 0.2) is 9.08 Å². The molecule has 0 saturated carbocycles. The fraction of sp³-hybridized carbons (Fsp3) is 0.600. The van der Waals surface area contributed by atoms with Crippen LogP contribution in [0.2, 0.25) is 0 Å². The first-order valence-corrected chi connectivity index (χ1v) is 7.05. The Labute approximate surface area is 117 Å². The number of aromatic nitrogens is 2. The van der Waals surface area contributed by atoms with E-state index in [1.54, 1.807) is 0 Å². The topological polar surface area (TPSA) is 61.0 Å². The molecule has 94 valence electrons. The van der Waals surface area contributed by atoms with Crippen molar-refractivity contribution in [3.8, 4) is 0 Å². The highest BCUT2D eigenvalue weighted by molar-refractivity contribution is 9.13. The minimum absolute atomic E-state index is 0.131. The summed E-state index contributed by atoms with van der Waals surface area (Å²) in [6.45, 7) is 2.05. The number of nitrogens with one attached hydrogen (secondary N) is 2. The molecule has 0 spiro atoms. The molecule has 5 nitrogen and oxygen atoms in total. The molecule has 1 saturated heterocycles. The Balaban J connectivity index is 1.95. The summed E-state index contributed by atoms with van der Waals surface area (Å²) in [6.07, 6.45) is 1.98. The highest BCUT2D eigenvalue weighted by Crippen LogP contribution is 2.24. The average Bonchev–Trinajstić information content (AvgIpc) is 2.63. The van der Waals surface area contributed by atoms with Gasteiger partial charge in [0, 0.05) is 6.04 Å². The summed E-state index contributed by atoms with van der Waals surface area (Å²) in [4.78, 5) is 14.2. The predicted octanol–water partition coefficient (Wildman–Crippen LogP) is 1.76. The first-order valence-electron chi connectivity index (χ1n) is 5.46. The van der Waals surface area contributed by atoms with Gasteiger partial charge in [0.15, 0.2) is 5.69 Å². The summed E-state index contributed by atoms with van der Waals surface area (Å²) < 4.78 is 1.36. The number of nitrogens with zero attached hydrogens (tertiary/aromatic N) is 2. The van der Waals surface area contributed by atoms with Crippen molar-refractivity contribution in [3.05, 3.63) is 14.8 Å². The fourth-order valence-electron chi connectivity index (χ4n) is 1.86. The van der Waals surface area contributed by atoms with E-state index >= 15 is 0 Å². The minimum Gasteiger partial charge on any atom is -0.348 e. The molecule has 1 amide bonds. The van der Waals surface area contributed by atoms with Crippen molar-refractivity contribution in [2.45, 2.75) is 18.9 Å². The van der Waals surface area contributed by atoms with Gasteiger partial charge in [-0.25, -0.2) is 0 Å². The van der Waals surface area contributed by atoms with Crippen LogP contribution in [0.5, 0.6) is 0 Å². The SMILES string of the molecule is CN1CCC(NC(=O)c2n[nH]c(Br)c2Br)CC1. The number of piperidine rings is 1. The number of carbonyl (C=O) groups is 1. The van der Waals surface area contributed by atoms with Gasteiger partial charge in [0.2, 0.25) is 0 Å². The minimum atomic E-state index is -0.131. The summed E-state index contributed by atoms with van der Waals surface area (Å²) in [5, 5.41) is 9.68. The second kappa shape index (κ2) is 5.49. The maximum Gasteiger partial charge on any atom is 0.273 e. The van der Waals surface area contributed by atoms with Crippen molar-refractivity contribution >= 4 is 37.8 Å². The molecule has 1 aliphatic rings. The summed E-state index contributed by atoms with van der Waals surface area (Å²) >= 11 is 6.58. The summed E-state index contributed by atoms with van der Waals surface area (Å²) in [7, 11) is 2.10. The highest BCUT2D eigenvalue weighted by atomic mass is 79.9. The van der Waals surface area contributed by atoms with E-state index in [0.717, 1.165) is 25.9 Å². The maximum absolute atomic E-state index is 12.0.